The van der Waals surface area contributed by atoms with Crippen molar-refractivity contribution in [2.24, 2.45) is 5.92 Å². The molecular weight excluding hydrogens is 250 g/mol. The molecule has 0 spiro atoms. The Morgan fingerprint density at radius 2 is 1.95 bits per heavy atom. The van der Waals surface area contributed by atoms with Crippen LogP contribution in [0.2, 0.25) is 0 Å². The van der Waals surface area contributed by atoms with Crippen LogP contribution in [0.25, 0.3) is 0 Å². The van der Waals surface area contributed by atoms with E-state index in [2.05, 4.69) is 13.0 Å². The Hall–Kier alpha value is -1.71. The number of nitrogens with two attached hydrogens (primary N) is 1. The summed E-state index contributed by atoms with van der Waals surface area (Å²) in [5.74, 6) is 0.751. The predicted octanol–water partition coefficient (Wildman–Crippen LogP) is 2.48. The molecule has 1 aromatic rings. The first-order valence-corrected chi connectivity index (χ1v) is 7.55. The Bertz CT molecular complexity index is 506. The van der Waals surface area contributed by atoms with Crippen molar-refractivity contribution in [3.8, 4) is 0 Å². The minimum atomic E-state index is 0.199. The normalized spacial score (nSPS) is 19.9. The topological polar surface area (TPSA) is 49.6 Å². The Kier molecular flexibility index (Phi) is 3.55. The summed E-state index contributed by atoms with van der Waals surface area (Å²) in [6, 6.07) is 6.21. The number of nitrogen functional groups attached to an aromatic ring is 1. The van der Waals surface area contributed by atoms with E-state index in [1.807, 2.05) is 21.9 Å². The van der Waals surface area contributed by atoms with Crippen molar-refractivity contribution in [1.29, 1.82) is 0 Å². The van der Waals surface area contributed by atoms with E-state index in [4.69, 9.17) is 5.73 Å². The molecule has 108 valence electrons. The molecule has 0 radical (unpaired) electrons. The van der Waals surface area contributed by atoms with Gasteiger partial charge in [-0.25, -0.2) is 4.79 Å². The summed E-state index contributed by atoms with van der Waals surface area (Å²) in [5, 5.41) is 0. The number of fused-ring (bicyclic) bond motifs is 1. The molecule has 2 aliphatic heterocycles. The molecule has 2 amide bonds. The number of benzene rings is 1. The van der Waals surface area contributed by atoms with Crippen LogP contribution < -0.4 is 5.73 Å². The van der Waals surface area contributed by atoms with Crippen LogP contribution in [0.3, 0.4) is 0 Å². The van der Waals surface area contributed by atoms with Crippen LogP contribution >= 0.6 is 0 Å². The zero-order valence-corrected chi connectivity index (χ0v) is 12.1. The SMILES string of the molecule is CC1CCN(C(=O)N2CCc3c(N)cccc3C2)CC1. The number of anilines is 1. The van der Waals surface area contributed by atoms with Crippen LogP contribution in [-0.4, -0.2) is 35.5 Å². The number of carbonyl (C=O) groups excluding carboxylic acids is 1. The highest BCUT2D eigenvalue weighted by atomic mass is 16.2. The van der Waals surface area contributed by atoms with E-state index in [0.717, 1.165) is 50.5 Å². The lowest BCUT2D eigenvalue weighted by atomic mass is 9.97. The van der Waals surface area contributed by atoms with E-state index < -0.39 is 0 Å². The third-order valence-corrected chi connectivity index (χ3v) is 4.63. The van der Waals surface area contributed by atoms with Crippen LogP contribution in [0, 0.1) is 5.92 Å². The molecule has 2 aliphatic rings. The van der Waals surface area contributed by atoms with E-state index in [9.17, 15) is 4.79 Å². The average Bonchev–Trinajstić information content (AvgIpc) is 2.47. The van der Waals surface area contributed by atoms with E-state index in [1.165, 1.54) is 11.1 Å². The van der Waals surface area contributed by atoms with Gasteiger partial charge in [-0.2, -0.15) is 0 Å². The maximum absolute atomic E-state index is 12.6. The molecule has 1 fully saturated rings. The number of likely N-dealkylation sites (tertiary alicyclic amines) is 1. The molecule has 2 heterocycles. The number of nitrogens with zero attached hydrogens (tertiary/aromatic N) is 2. The van der Waals surface area contributed by atoms with Crippen molar-refractivity contribution in [2.45, 2.75) is 32.7 Å². The number of hydrogen-bond acceptors (Lipinski definition) is 2. The maximum atomic E-state index is 12.6. The first-order chi connectivity index (χ1) is 9.65. The van der Waals surface area contributed by atoms with Crippen LogP contribution in [0.15, 0.2) is 18.2 Å². The minimum absolute atomic E-state index is 0.199. The van der Waals surface area contributed by atoms with Gasteiger partial charge in [0, 0.05) is 31.9 Å². The van der Waals surface area contributed by atoms with Crippen LogP contribution in [-0.2, 0) is 13.0 Å². The van der Waals surface area contributed by atoms with Crippen molar-refractivity contribution in [1.82, 2.24) is 9.80 Å². The maximum Gasteiger partial charge on any atom is 0.320 e. The second-order valence-corrected chi connectivity index (χ2v) is 6.11. The predicted molar refractivity (Wildman–Crippen MR) is 80.3 cm³/mol. The lowest BCUT2D eigenvalue weighted by molar-refractivity contribution is 0.130. The fourth-order valence-corrected chi connectivity index (χ4v) is 3.20. The summed E-state index contributed by atoms with van der Waals surface area (Å²) < 4.78 is 0. The quantitative estimate of drug-likeness (QED) is 0.738. The number of amides is 2. The van der Waals surface area contributed by atoms with Crippen molar-refractivity contribution in [3.63, 3.8) is 0 Å². The molecule has 3 rings (SSSR count). The zero-order valence-electron chi connectivity index (χ0n) is 12.1. The molecule has 1 saturated heterocycles. The standard InChI is InChI=1S/C16H23N3O/c1-12-5-8-18(9-6-12)16(20)19-10-7-14-13(11-19)3-2-4-15(14)17/h2-4,12H,5-11,17H2,1H3. The van der Waals surface area contributed by atoms with Gasteiger partial charge in [-0.05, 0) is 42.4 Å². The molecule has 4 heteroatoms. The van der Waals surface area contributed by atoms with E-state index in [0.29, 0.717) is 6.54 Å². The van der Waals surface area contributed by atoms with Gasteiger partial charge in [0.15, 0.2) is 0 Å². The highest BCUT2D eigenvalue weighted by molar-refractivity contribution is 5.75. The summed E-state index contributed by atoms with van der Waals surface area (Å²) in [4.78, 5) is 16.6. The summed E-state index contributed by atoms with van der Waals surface area (Å²) >= 11 is 0. The Morgan fingerprint density at radius 1 is 1.20 bits per heavy atom. The zero-order chi connectivity index (χ0) is 14.1. The summed E-state index contributed by atoms with van der Waals surface area (Å²) in [6.45, 7) is 5.56. The monoisotopic (exact) mass is 273 g/mol. The van der Waals surface area contributed by atoms with Gasteiger partial charge >= 0.3 is 6.03 Å². The largest absolute Gasteiger partial charge is 0.398 e. The second-order valence-electron chi connectivity index (χ2n) is 6.11. The van der Waals surface area contributed by atoms with Gasteiger partial charge in [-0.15, -0.1) is 0 Å². The highest BCUT2D eigenvalue weighted by Crippen LogP contribution is 2.25. The second kappa shape index (κ2) is 5.35. The van der Waals surface area contributed by atoms with Gasteiger partial charge in [0.2, 0.25) is 0 Å². The van der Waals surface area contributed by atoms with Gasteiger partial charge in [0.25, 0.3) is 0 Å². The van der Waals surface area contributed by atoms with Crippen molar-refractivity contribution >= 4 is 11.7 Å². The highest BCUT2D eigenvalue weighted by Gasteiger charge is 2.27. The molecule has 20 heavy (non-hydrogen) atoms. The number of rotatable bonds is 0. The first-order valence-electron chi connectivity index (χ1n) is 7.55. The molecule has 2 N–H and O–H groups in total. The number of carbonyl (C=O) groups is 1. The van der Waals surface area contributed by atoms with Crippen LogP contribution in [0.1, 0.15) is 30.9 Å². The smallest absolute Gasteiger partial charge is 0.320 e. The lowest BCUT2D eigenvalue weighted by Gasteiger charge is -2.37. The van der Waals surface area contributed by atoms with Gasteiger partial charge < -0.3 is 15.5 Å². The molecule has 0 saturated carbocycles. The fourth-order valence-electron chi connectivity index (χ4n) is 3.20. The van der Waals surface area contributed by atoms with E-state index in [-0.39, 0.29) is 6.03 Å². The summed E-state index contributed by atoms with van der Waals surface area (Å²) in [7, 11) is 0. The number of hydrogen-bond donors (Lipinski definition) is 1. The molecule has 0 aliphatic carbocycles. The third-order valence-electron chi connectivity index (χ3n) is 4.63. The van der Waals surface area contributed by atoms with E-state index >= 15 is 0 Å². The van der Waals surface area contributed by atoms with Gasteiger partial charge in [-0.1, -0.05) is 19.1 Å². The molecule has 0 aromatic heterocycles. The molecule has 1 aromatic carbocycles. The Labute approximate surface area is 120 Å². The van der Waals surface area contributed by atoms with E-state index in [1.54, 1.807) is 0 Å². The van der Waals surface area contributed by atoms with Gasteiger partial charge in [0.05, 0.1) is 0 Å². The molecule has 0 unspecified atom stereocenters. The minimum Gasteiger partial charge on any atom is -0.398 e. The molecular formula is C16H23N3O. The number of urea groups is 1. The number of piperidine rings is 1. The van der Waals surface area contributed by atoms with Crippen molar-refractivity contribution in [3.05, 3.63) is 29.3 Å². The van der Waals surface area contributed by atoms with Gasteiger partial charge in [-0.3, -0.25) is 0 Å². The Balaban J connectivity index is 1.69. The first kappa shape index (κ1) is 13.3. The summed E-state index contributed by atoms with van der Waals surface area (Å²) in [6.07, 6.45) is 3.13. The van der Waals surface area contributed by atoms with Crippen LogP contribution in [0.4, 0.5) is 10.5 Å². The lowest BCUT2D eigenvalue weighted by Crippen LogP contribution is -2.48. The average molecular weight is 273 g/mol. The molecule has 4 nitrogen and oxygen atoms in total. The van der Waals surface area contributed by atoms with Crippen LogP contribution in [0.5, 0.6) is 0 Å². The summed E-state index contributed by atoms with van der Waals surface area (Å²) in [5.41, 5.74) is 9.30. The molecule has 0 atom stereocenters. The molecule has 0 bridgehead atoms. The third kappa shape index (κ3) is 2.47. The fraction of sp³-hybridized carbons (Fsp3) is 0.562. The Morgan fingerprint density at radius 3 is 2.70 bits per heavy atom. The van der Waals surface area contributed by atoms with Crippen molar-refractivity contribution in [2.75, 3.05) is 25.4 Å². The van der Waals surface area contributed by atoms with Gasteiger partial charge in [0.1, 0.15) is 0 Å². The van der Waals surface area contributed by atoms with Crippen molar-refractivity contribution < 1.29 is 4.79 Å².